The van der Waals surface area contributed by atoms with E-state index >= 15 is 0 Å². The number of carbonyl (C=O) groups excluding carboxylic acids is 1. The topological polar surface area (TPSA) is 178 Å². The Morgan fingerprint density at radius 2 is 1.77 bits per heavy atom. The molecule has 1 aromatic heterocycles. The molecule has 0 saturated heterocycles. The first-order valence-corrected chi connectivity index (χ1v) is 11.1. The Kier molecular flexibility index (Phi) is 10.2. The Bertz CT molecular complexity index is 1140. The Labute approximate surface area is 202 Å². The van der Waals surface area contributed by atoms with Gasteiger partial charge < -0.3 is 39.8 Å². The van der Waals surface area contributed by atoms with Crippen molar-refractivity contribution in [2.24, 2.45) is 0 Å². The van der Waals surface area contributed by atoms with Gasteiger partial charge in [0.15, 0.2) is 6.10 Å². The van der Waals surface area contributed by atoms with E-state index in [1.807, 2.05) is 26.8 Å². The number of allylic oxidation sites excluding steroid dienone is 4. The van der Waals surface area contributed by atoms with Crippen molar-refractivity contribution in [2.45, 2.75) is 64.4 Å². The van der Waals surface area contributed by atoms with Gasteiger partial charge in [0.1, 0.15) is 35.4 Å². The van der Waals surface area contributed by atoms with Gasteiger partial charge in [-0.05, 0) is 45.7 Å². The summed E-state index contributed by atoms with van der Waals surface area (Å²) in [6.45, 7) is 5.07. The predicted molar refractivity (Wildman–Crippen MR) is 127 cm³/mol. The lowest BCUT2D eigenvalue weighted by molar-refractivity contribution is -0.161. The third kappa shape index (κ3) is 7.48. The quantitative estimate of drug-likeness (QED) is 0.115. The average molecular weight is 493 g/mol. The van der Waals surface area contributed by atoms with E-state index in [1.54, 1.807) is 0 Å². The van der Waals surface area contributed by atoms with Crippen LogP contribution in [0.4, 0.5) is 0 Å². The van der Waals surface area contributed by atoms with Crippen LogP contribution in [0.2, 0.25) is 0 Å². The van der Waals surface area contributed by atoms with E-state index in [9.17, 15) is 35.1 Å². The Hall–Kier alpha value is -3.02. The number of benzene rings is 1. The molecular weight excluding hydrogens is 460 g/mol. The number of carbonyl (C=O) groups is 1. The van der Waals surface area contributed by atoms with Gasteiger partial charge >= 0.3 is 11.6 Å². The number of fused-ring (bicyclic) bond motifs is 1. The number of hydrogen-bond donors (Lipinski definition) is 6. The van der Waals surface area contributed by atoms with Crippen molar-refractivity contribution < 1.29 is 44.6 Å². The highest BCUT2D eigenvalue weighted by Crippen LogP contribution is 2.30. The van der Waals surface area contributed by atoms with Crippen LogP contribution >= 0.6 is 0 Å². The standard InChI is InChI=1S/C25H32O10/c1-13(2)5-4-6-14(3)7-9-17-20(28)16-10-8-15(11-19(16)35-24(17)32)34-25(33)23(31)22(30)21(29)18(27)12-26/h5,7-8,10-11,18,21-23,26-31H,4,6,9,12H2,1-3H3/b14-7+/t18-,21-,22+,23-/m1/s1. The summed E-state index contributed by atoms with van der Waals surface area (Å²) in [6, 6.07) is 3.79. The van der Waals surface area contributed by atoms with Crippen LogP contribution in [0.3, 0.4) is 0 Å². The molecule has 2 rings (SSSR count). The molecule has 192 valence electrons. The van der Waals surface area contributed by atoms with Crippen molar-refractivity contribution >= 4 is 16.9 Å². The Morgan fingerprint density at radius 1 is 1.09 bits per heavy atom. The third-order valence-corrected chi connectivity index (χ3v) is 5.40. The smallest absolute Gasteiger partial charge is 0.343 e. The summed E-state index contributed by atoms with van der Waals surface area (Å²) in [5.74, 6) is -1.80. The van der Waals surface area contributed by atoms with Gasteiger partial charge in [-0.1, -0.05) is 23.3 Å². The Morgan fingerprint density at radius 3 is 2.40 bits per heavy atom. The van der Waals surface area contributed by atoms with E-state index in [0.717, 1.165) is 24.5 Å². The maximum Gasteiger partial charge on any atom is 0.343 e. The molecule has 0 fully saturated rings. The van der Waals surface area contributed by atoms with Gasteiger partial charge in [-0.2, -0.15) is 0 Å². The molecule has 0 amide bonds. The number of hydrogen-bond acceptors (Lipinski definition) is 10. The number of aromatic hydroxyl groups is 1. The number of aliphatic hydroxyl groups excluding tert-OH is 5. The number of aliphatic hydroxyl groups is 5. The SMILES string of the molecule is CC(C)=CCC/C(C)=C/Cc1c(O)c2ccc(OC(=O)[C@H](O)[C@@H](O)[C@H](O)[C@H](O)CO)cc2oc1=O. The summed E-state index contributed by atoms with van der Waals surface area (Å²) in [4.78, 5) is 24.6. The lowest BCUT2D eigenvalue weighted by atomic mass is 10.0. The van der Waals surface area contributed by atoms with E-state index in [1.165, 1.54) is 17.7 Å². The minimum Gasteiger partial charge on any atom is -0.507 e. The molecule has 0 bridgehead atoms. The molecule has 0 aliphatic heterocycles. The largest absolute Gasteiger partial charge is 0.507 e. The molecule has 1 aromatic carbocycles. The van der Waals surface area contributed by atoms with E-state index in [4.69, 9.17) is 14.3 Å². The lowest BCUT2D eigenvalue weighted by Crippen LogP contribution is -2.49. The lowest BCUT2D eigenvalue weighted by Gasteiger charge is -2.24. The predicted octanol–water partition coefficient (Wildman–Crippen LogP) is 1.08. The zero-order chi connectivity index (χ0) is 26.3. The van der Waals surface area contributed by atoms with Gasteiger partial charge in [-0.25, -0.2) is 9.59 Å². The second kappa shape index (κ2) is 12.6. The molecule has 0 unspecified atom stereocenters. The number of rotatable bonds is 11. The third-order valence-electron chi connectivity index (χ3n) is 5.40. The summed E-state index contributed by atoms with van der Waals surface area (Å²) in [7, 11) is 0. The van der Waals surface area contributed by atoms with Crippen molar-refractivity contribution in [3.8, 4) is 11.5 Å². The van der Waals surface area contributed by atoms with Crippen LogP contribution < -0.4 is 10.4 Å². The van der Waals surface area contributed by atoms with Crippen molar-refractivity contribution in [1.82, 2.24) is 0 Å². The van der Waals surface area contributed by atoms with Crippen LogP contribution in [0.25, 0.3) is 11.0 Å². The zero-order valence-corrected chi connectivity index (χ0v) is 19.8. The minimum atomic E-state index is -2.24. The molecule has 0 aliphatic rings. The van der Waals surface area contributed by atoms with Crippen LogP contribution in [0.5, 0.6) is 11.5 Å². The van der Waals surface area contributed by atoms with Crippen molar-refractivity contribution in [3.05, 3.63) is 57.5 Å². The molecule has 0 spiro atoms. The molecule has 0 radical (unpaired) electrons. The van der Waals surface area contributed by atoms with Crippen LogP contribution in [0.1, 0.15) is 39.2 Å². The summed E-state index contributed by atoms with van der Waals surface area (Å²) in [5, 5.41) is 58.3. The second-order valence-corrected chi connectivity index (χ2v) is 8.55. The summed E-state index contributed by atoms with van der Waals surface area (Å²) in [6.07, 6.45) is -2.33. The highest BCUT2D eigenvalue weighted by Gasteiger charge is 2.35. The maximum atomic E-state index is 12.5. The molecule has 0 aliphatic carbocycles. The van der Waals surface area contributed by atoms with Gasteiger partial charge in [0, 0.05) is 12.5 Å². The van der Waals surface area contributed by atoms with E-state index < -0.39 is 42.6 Å². The molecular formula is C25H32O10. The van der Waals surface area contributed by atoms with Crippen LogP contribution in [0.15, 0.2) is 50.7 Å². The molecule has 10 nitrogen and oxygen atoms in total. The summed E-state index contributed by atoms with van der Waals surface area (Å²) in [5.41, 5.74) is 1.53. The second-order valence-electron chi connectivity index (χ2n) is 8.55. The summed E-state index contributed by atoms with van der Waals surface area (Å²) < 4.78 is 10.2. The molecule has 6 N–H and O–H groups in total. The Balaban J connectivity index is 2.19. The molecule has 1 heterocycles. The normalized spacial score (nSPS) is 15.4. The zero-order valence-electron chi connectivity index (χ0n) is 19.8. The monoisotopic (exact) mass is 492 g/mol. The van der Waals surface area contributed by atoms with Crippen molar-refractivity contribution in [1.29, 1.82) is 0 Å². The number of esters is 1. The van der Waals surface area contributed by atoms with Crippen molar-refractivity contribution in [3.63, 3.8) is 0 Å². The minimum absolute atomic E-state index is 0.0726. The van der Waals surface area contributed by atoms with Gasteiger partial charge in [-0.3, -0.25) is 0 Å². The highest BCUT2D eigenvalue weighted by atomic mass is 16.6. The number of ether oxygens (including phenoxy) is 1. The average Bonchev–Trinajstić information content (AvgIpc) is 2.81. The molecule has 2 aromatic rings. The van der Waals surface area contributed by atoms with Crippen LogP contribution in [-0.4, -0.2) is 67.6 Å². The molecule has 4 atom stereocenters. The van der Waals surface area contributed by atoms with Gasteiger partial charge in [0.2, 0.25) is 0 Å². The molecule has 10 heteroatoms. The first kappa shape index (κ1) is 28.2. The fraction of sp³-hybridized carbons (Fsp3) is 0.440. The van der Waals surface area contributed by atoms with Gasteiger partial charge in [0.25, 0.3) is 0 Å². The molecule has 0 saturated carbocycles. The fourth-order valence-corrected chi connectivity index (χ4v) is 3.25. The van der Waals surface area contributed by atoms with Gasteiger partial charge in [0.05, 0.1) is 17.6 Å². The van der Waals surface area contributed by atoms with Gasteiger partial charge in [-0.15, -0.1) is 0 Å². The van der Waals surface area contributed by atoms with Crippen LogP contribution in [-0.2, 0) is 11.2 Å². The fourth-order valence-electron chi connectivity index (χ4n) is 3.25. The van der Waals surface area contributed by atoms with E-state index in [0.29, 0.717) is 0 Å². The van der Waals surface area contributed by atoms with Crippen molar-refractivity contribution in [2.75, 3.05) is 6.61 Å². The summed E-state index contributed by atoms with van der Waals surface area (Å²) >= 11 is 0. The highest BCUT2D eigenvalue weighted by molar-refractivity contribution is 5.86. The maximum absolute atomic E-state index is 12.5. The first-order chi connectivity index (χ1) is 16.5. The van der Waals surface area contributed by atoms with Crippen LogP contribution in [0, 0.1) is 0 Å². The molecule has 35 heavy (non-hydrogen) atoms. The van der Waals surface area contributed by atoms with E-state index in [-0.39, 0.29) is 34.5 Å². The first-order valence-electron chi connectivity index (χ1n) is 11.1. The van der Waals surface area contributed by atoms with E-state index in [2.05, 4.69) is 6.08 Å².